The van der Waals surface area contributed by atoms with E-state index < -0.39 is 18.4 Å². The molecule has 0 amide bonds. The van der Waals surface area contributed by atoms with E-state index in [0.717, 1.165) is 22.1 Å². The second kappa shape index (κ2) is 15.2. The number of para-hydroxylation sites is 2. The molecule has 0 saturated heterocycles. The molecule has 0 N–H and O–H groups in total. The molecule has 0 radical (unpaired) electrons. The predicted molar refractivity (Wildman–Crippen MR) is 155 cm³/mol. The third-order valence-electron chi connectivity index (χ3n) is 6.04. The molecular weight excluding hydrogens is 488 g/mol. The Hall–Kier alpha value is -4.26. The Morgan fingerprint density at radius 3 is 0.974 bits per heavy atom. The topological polar surface area (TPSA) is 80.3 Å². The number of carboxylic acid groups (broad SMARTS) is 2. The Kier molecular flexibility index (Phi) is 12.1. The highest BCUT2D eigenvalue weighted by Crippen LogP contribution is 2.22. The Morgan fingerprint density at radius 2 is 0.744 bits per heavy atom. The molecule has 204 valence electrons. The third kappa shape index (κ3) is 11.8. The number of quaternary nitrogens is 2. The van der Waals surface area contributed by atoms with Gasteiger partial charge in [0.15, 0.2) is 0 Å². The molecule has 6 heteroatoms. The van der Waals surface area contributed by atoms with Gasteiger partial charge >= 0.3 is 0 Å². The van der Waals surface area contributed by atoms with Gasteiger partial charge in [-0.15, -0.1) is 0 Å². The van der Waals surface area contributed by atoms with Crippen LogP contribution >= 0.6 is 0 Å². The van der Waals surface area contributed by atoms with Crippen molar-refractivity contribution in [1.29, 1.82) is 0 Å². The monoisotopic (exact) mass is 526 g/mol. The number of aliphatic carboxylic acids is 2. The van der Waals surface area contributed by atoms with Crippen molar-refractivity contribution in [2.75, 3.05) is 28.2 Å². The van der Waals surface area contributed by atoms with Crippen LogP contribution in [0.3, 0.4) is 0 Å². The standard InChI is InChI=1S/2C15H18N.C3H4O4/c2*1-16(2,15-11-7-4-8-12-15)13-14-9-5-3-6-10-14;4-2(5)1-3(6)7/h2*3-12H,13H2,1-2H3;1H2,(H,4,5)(H,6,7)/q2*+1;/p-2. The zero-order chi connectivity index (χ0) is 28.7. The number of carbonyl (C=O) groups excluding carboxylic acids is 2. The first kappa shape index (κ1) is 31.0. The van der Waals surface area contributed by atoms with Gasteiger partial charge in [0.1, 0.15) is 24.5 Å². The highest BCUT2D eigenvalue weighted by atomic mass is 16.4. The van der Waals surface area contributed by atoms with E-state index in [0.29, 0.717) is 0 Å². The summed E-state index contributed by atoms with van der Waals surface area (Å²) in [7, 11) is 8.95. The van der Waals surface area contributed by atoms with Crippen molar-refractivity contribution < 1.29 is 19.8 Å². The highest BCUT2D eigenvalue weighted by molar-refractivity contribution is 5.86. The predicted octanol–water partition coefficient (Wildman–Crippen LogP) is 3.78. The molecular formula is C33H38N2O4. The normalized spacial score (nSPS) is 10.8. The van der Waals surface area contributed by atoms with Gasteiger partial charge in [-0.25, -0.2) is 0 Å². The largest absolute Gasteiger partial charge is 0.550 e. The summed E-state index contributed by atoms with van der Waals surface area (Å²) >= 11 is 0. The zero-order valence-corrected chi connectivity index (χ0v) is 23.2. The number of carbonyl (C=O) groups is 2. The van der Waals surface area contributed by atoms with E-state index >= 15 is 0 Å². The van der Waals surface area contributed by atoms with Gasteiger partial charge in [0.2, 0.25) is 0 Å². The van der Waals surface area contributed by atoms with Crippen LogP contribution in [0, 0.1) is 0 Å². The number of rotatable bonds is 8. The number of hydrogen-bond donors (Lipinski definition) is 0. The lowest BCUT2D eigenvalue weighted by atomic mass is 10.2. The van der Waals surface area contributed by atoms with Gasteiger partial charge in [0, 0.05) is 29.5 Å². The second-order valence-electron chi connectivity index (χ2n) is 10.2. The fourth-order valence-corrected chi connectivity index (χ4v) is 4.04. The summed E-state index contributed by atoms with van der Waals surface area (Å²) in [6.45, 7) is 2.04. The smallest absolute Gasteiger partial charge is 0.132 e. The molecule has 0 atom stereocenters. The van der Waals surface area contributed by atoms with E-state index in [2.05, 4.69) is 150 Å². The number of hydrogen-bond acceptors (Lipinski definition) is 4. The Balaban J connectivity index is 0.000000222. The Morgan fingerprint density at radius 1 is 0.487 bits per heavy atom. The van der Waals surface area contributed by atoms with Crippen molar-refractivity contribution in [3.8, 4) is 0 Å². The molecule has 0 fully saturated rings. The van der Waals surface area contributed by atoms with Gasteiger partial charge in [0.25, 0.3) is 0 Å². The second-order valence-corrected chi connectivity index (χ2v) is 10.2. The SMILES string of the molecule is C[N+](C)(Cc1ccccc1)c1ccccc1.C[N+](C)(Cc1ccccc1)c1ccccc1.O=C([O-])CC(=O)[O-]. The van der Waals surface area contributed by atoms with E-state index in [-0.39, 0.29) is 0 Å². The molecule has 6 nitrogen and oxygen atoms in total. The maximum atomic E-state index is 9.28. The van der Waals surface area contributed by atoms with E-state index in [1.165, 1.54) is 22.5 Å². The summed E-state index contributed by atoms with van der Waals surface area (Å²) in [6.07, 6.45) is -1.03. The average Bonchev–Trinajstić information content (AvgIpc) is 2.90. The van der Waals surface area contributed by atoms with Gasteiger partial charge < -0.3 is 19.8 Å². The minimum Gasteiger partial charge on any atom is -0.550 e. The van der Waals surface area contributed by atoms with Gasteiger partial charge in [-0.05, 0) is 24.3 Å². The van der Waals surface area contributed by atoms with Crippen LogP contribution in [0.4, 0.5) is 11.4 Å². The van der Waals surface area contributed by atoms with E-state index in [4.69, 9.17) is 0 Å². The minimum absolute atomic E-state index is 0.880. The summed E-state index contributed by atoms with van der Waals surface area (Å²) < 4.78 is 1.76. The first-order chi connectivity index (χ1) is 18.5. The number of carboxylic acids is 2. The summed E-state index contributed by atoms with van der Waals surface area (Å²) in [5, 5.41) is 18.6. The van der Waals surface area contributed by atoms with Crippen LogP contribution in [0.5, 0.6) is 0 Å². The van der Waals surface area contributed by atoms with Crippen LogP contribution in [0.15, 0.2) is 121 Å². The van der Waals surface area contributed by atoms with Crippen LogP contribution in [-0.2, 0) is 22.7 Å². The van der Waals surface area contributed by atoms with Crippen LogP contribution in [0.25, 0.3) is 0 Å². The number of nitrogens with zero attached hydrogens (tertiary/aromatic N) is 2. The van der Waals surface area contributed by atoms with Crippen LogP contribution in [0.2, 0.25) is 0 Å². The van der Waals surface area contributed by atoms with Crippen molar-refractivity contribution in [3.63, 3.8) is 0 Å². The fourth-order valence-electron chi connectivity index (χ4n) is 4.04. The molecule has 0 aromatic heterocycles. The van der Waals surface area contributed by atoms with Gasteiger partial charge in [-0.1, -0.05) is 97.1 Å². The van der Waals surface area contributed by atoms with Crippen molar-refractivity contribution in [3.05, 3.63) is 132 Å². The average molecular weight is 527 g/mol. The lowest BCUT2D eigenvalue weighted by Gasteiger charge is -2.29. The molecule has 4 aromatic carbocycles. The highest BCUT2D eigenvalue weighted by Gasteiger charge is 2.19. The van der Waals surface area contributed by atoms with E-state index in [1.807, 2.05) is 0 Å². The van der Waals surface area contributed by atoms with Crippen LogP contribution < -0.4 is 19.2 Å². The van der Waals surface area contributed by atoms with Gasteiger partial charge in [0.05, 0.1) is 28.2 Å². The quantitative estimate of drug-likeness (QED) is 0.259. The molecule has 39 heavy (non-hydrogen) atoms. The molecule has 0 spiro atoms. The van der Waals surface area contributed by atoms with Gasteiger partial charge in [-0.3, -0.25) is 8.97 Å². The summed E-state index contributed by atoms with van der Waals surface area (Å²) in [4.78, 5) is 18.6. The van der Waals surface area contributed by atoms with Gasteiger partial charge in [-0.2, -0.15) is 0 Å². The molecule has 4 rings (SSSR count). The number of benzene rings is 4. The summed E-state index contributed by atoms with van der Waals surface area (Å²) in [5.74, 6) is -3.25. The molecule has 0 unspecified atom stereocenters. The minimum atomic E-state index is -1.63. The first-order valence-electron chi connectivity index (χ1n) is 12.7. The first-order valence-corrected chi connectivity index (χ1v) is 12.7. The summed E-state index contributed by atoms with van der Waals surface area (Å²) in [6, 6.07) is 42.5. The van der Waals surface area contributed by atoms with Crippen molar-refractivity contribution in [1.82, 2.24) is 8.97 Å². The van der Waals surface area contributed by atoms with E-state index in [1.54, 1.807) is 0 Å². The Labute approximate surface area is 232 Å². The molecule has 0 heterocycles. The molecule has 0 bridgehead atoms. The fraction of sp³-hybridized carbons (Fsp3) is 0.212. The van der Waals surface area contributed by atoms with Crippen LogP contribution in [0.1, 0.15) is 17.5 Å². The maximum absolute atomic E-state index is 9.28. The van der Waals surface area contributed by atoms with Crippen molar-refractivity contribution in [2.45, 2.75) is 19.5 Å². The zero-order valence-electron chi connectivity index (χ0n) is 23.2. The molecule has 0 saturated carbocycles. The third-order valence-corrected chi connectivity index (χ3v) is 6.04. The lowest BCUT2D eigenvalue weighted by molar-refractivity contribution is -0.322. The summed E-state index contributed by atoms with van der Waals surface area (Å²) in [5.41, 5.74) is 5.42. The maximum Gasteiger partial charge on any atom is 0.132 e. The van der Waals surface area contributed by atoms with Crippen molar-refractivity contribution in [2.24, 2.45) is 0 Å². The Bertz CT molecular complexity index is 1160. The van der Waals surface area contributed by atoms with E-state index in [9.17, 15) is 19.8 Å². The molecule has 0 aliphatic rings. The van der Waals surface area contributed by atoms with Crippen LogP contribution in [-0.4, -0.2) is 40.1 Å². The lowest BCUT2D eigenvalue weighted by Crippen LogP contribution is -2.39. The van der Waals surface area contributed by atoms with Crippen molar-refractivity contribution >= 4 is 23.3 Å². The molecule has 0 aliphatic carbocycles. The molecule has 0 aliphatic heterocycles. The molecule has 4 aromatic rings.